The van der Waals surface area contributed by atoms with E-state index in [0.717, 1.165) is 57.8 Å². The number of carbonyl (C=O) groups excluding carboxylic acids is 1. The largest absolute Gasteiger partial charge is 0.457 e. The third-order valence-corrected chi connectivity index (χ3v) is 11.9. The Bertz CT molecular complexity index is 1140. The van der Waals surface area contributed by atoms with Gasteiger partial charge >= 0.3 is 5.97 Å². The zero-order chi connectivity index (χ0) is 45.9. The minimum absolute atomic E-state index is 0.0581. The highest BCUT2D eigenvalue weighted by molar-refractivity contribution is 5.69. The van der Waals surface area contributed by atoms with Gasteiger partial charge in [0.05, 0.1) is 26.4 Å². The lowest BCUT2D eigenvalue weighted by Crippen LogP contribution is -2.61. The smallest absolute Gasteiger partial charge is 0.306 e. The number of aliphatic hydroxyl groups is 7. The summed E-state index contributed by atoms with van der Waals surface area (Å²) in [5, 5.41) is 72.0. The highest BCUT2D eigenvalue weighted by Crippen LogP contribution is 2.26. The average molecular weight is 903 g/mol. The van der Waals surface area contributed by atoms with Crippen molar-refractivity contribution < 1.29 is 69.0 Å². The van der Waals surface area contributed by atoms with Crippen LogP contribution in [0.5, 0.6) is 0 Å². The molecule has 2 fully saturated rings. The van der Waals surface area contributed by atoms with E-state index < -0.39 is 80.7 Å². The van der Waals surface area contributed by atoms with Gasteiger partial charge in [0, 0.05) is 13.0 Å². The molecule has 0 bridgehead atoms. The van der Waals surface area contributed by atoms with E-state index in [9.17, 15) is 40.5 Å². The predicted molar refractivity (Wildman–Crippen MR) is 243 cm³/mol. The van der Waals surface area contributed by atoms with Crippen molar-refractivity contribution in [2.24, 2.45) is 0 Å². The molecule has 0 aromatic heterocycles. The normalized spacial score (nSPS) is 27.1. The molecule has 0 amide bonds. The first kappa shape index (κ1) is 57.6. The van der Waals surface area contributed by atoms with Crippen LogP contribution in [0.3, 0.4) is 0 Å². The summed E-state index contributed by atoms with van der Waals surface area (Å²) in [5.41, 5.74) is 0. The third kappa shape index (κ3) is 25.8. The molecule has 7 N–H and O–H groups in total. The number of aliphatic hydroxyl groups excluding tert-OH is 7. The number of ether oxygens (including phenoxy) is 6. The van der Waals surface area contributed by atoms with Crippen molar-refractivity contribution >= 4 is 5.97 Å². The van der Waals surface area contributed by atoms with Gasteiger partial charge in [0.2, 0.25) is 0 Å². The molecule has 0 radical (unpaired) electrons. The molecule has 0 saturated carbocycles. The number of rotatable bonds is 39. The quantitative estimate of drug-likeness (QED) is 0.0191. The molecule has 14 heteroatoms. The van der Waals surface area contributed by atoms with Crippen LogP contribution in [0.15, 0.2) is 24.3 Å². The summed E-state index contributed by atoms with van der Waals surface area (Å²) in [7, 11) is 0. The van der Waals surface area contributed by atoms with Crippen LogP contribution in [0.25, 0.3) is 0 Å². The van der Waals surface area contributed by atoms with Gasteiger partial charge in [-0.3, -0.25) is 4.79 Å². The summed E-state index contributed by atoms with van der Waals surface area (Å²) in [6, 6.07) is 0. The van der Waals surface area contributed by atoms with E-state index in [0.29, 0.717) is 13.0 Å². The lowest BCUT2D eigenvalue weighted by molar-refractivity contribution is -0.332. The maximum atomic E-state index is 12.9. The molecule has 2 aliphatic rings. The number of hydrogen-bond acceptors (Lipinski definition) is 14. The van der Waals surface area contributed by atoms with E-state index >= 15 is 0 Å². The Labute approximate surface area is 379 Å². The van der Waals surface area contributed by atoms with E-state index in [4.69, 9.17) is 28.4 Å². The molecule has 11 unspecified atom stereocenters. The van der Waals surface area contributed by atoms with Gasteiger partial charge in [0.25, 0.3) is 0 Å². The maximum absolute atomic E-state index is 12.9. The minimum atomic E-state index is -1.71. The number of hydrogen-bond donors (Lipinski definition) is 7. The minimum Gasteiger partial charge on any atom is -0.457 e. The van der Waals surface area contributed by atoms with Gasteiger partial charge in [-0.25, -0.2) is 0 Å². The Morgan fingerprint density at radius 1 is 0.508 bits per heavy atom. The van der Waals surface area contributed by atoms with Crippen molar-refractivity contribution in [3.8, 4) is 0 Å². The van der Waals surface area contributed by atoms with Crippen molar-refractivity contribution in [2.75, 3.05) is 33.0 Å². The van der Waals surface area contributed by atoms with Gasteiger partial charge in [-0.2, -0.15) is 0 Å². The molecule has 63 heavy (non-hydrogen) atoms. The summed E-state index contributed by atoms with van der Waals surface area (Å²) in [6.07, 6.45) is 22.5. The Morgan fingerprint density at radius 3 is 1.49 bits per heavy atom. The standard InChI is InChI=1S/C49H90O14/c1-3-5-7-9-11-13-15-16-17-18-19-20-21-23-25-27-29-31-33-58-35-38(61-41(51)32-30-28-26-24-22-14-12-10-8-6-4-2)36-59-48-47(57)45(55)43(53)40(63-48)37-60-49-46(56)44(54)42(52)39(34-50)62-49/h10,12,16-17,38-40,42-50,52-57H,3-9,11,13-15,18-37H2,1-2H3/b12-10-,17-16-. The van der Waals surface area contributed by atoms with Gasteiger partial charge in [-0.1, -0.05) is 141 Å². The fraction of sp³-hybridized carbons (Fsp3) is 0.898. The lowest BCUT2D eigenvalue weighted by Gasteiger charge is -2.42. The van der Waals surface area contributed by atoms with E-state index in [1.165, 1.54) is 96.3 Å². The maximum Gasteiger partial charge on any atom is 0.306 e. The number of allylic oxidation sites excluding steroid dienone is 4. The van der Waals surface area contributed by atoms with E-state index in [-0.39, 0.29) is 25.6 Å². The zero-order valence-corrected chi connectivity index (χ0v) is 39.1. The second-order valence-corrected chi connectivity index (χ2v) is 17.6. The van der Waals surface area contributed by atoms with Gasteiger partial charge in [-0.15, -0.1) is 0 Å². The lowest BCUT2D eigenvalue weighted by atomic mass is 9.98. The number of carbonyl (C=O) groups is 1. The molecule has 14 nitrogen and oxygen atoms in total. The fourth-order valence-electron chi connectivity index (χ4n) is 7.79. The van der Waals surface area contributed by atoms with E-state index in [2.05, 4.69) is 38.2 Å². The topological polar surface area (TPSA) is 214 Å². The monoisotopic (exact) mass is 903 g/mol. The fourth-order valence-corrected chi connectivity index (χ4v) is 7.79. The molecule has 2 aliphatic heterocycles. The van der Waals surface area contributed by atoms with Crippen LogP contribution >= 0.6 is 0 Å². The van der Waals surface area contributed by atoms with E-state index in [1.807, 2.05) is 0 Å². The van der Waals surface area contributed by atoms with Crippen LogP contribution in [0, 0.1) is 0 Å². The number of esters is 1. The second-order valence-electron chi connectivity index (χ2n) is 17.6. The molecule has 2 saturated heterocycles. The Kier molecular flexibility index (Phi) is 34.3. The highest BCUT2D eigenvalue weighted by atomic mass is 16.7. The molecular weight excluding hydrogens is 813 g/mol. The second kappa shape index (κ2) is 37.5. The molecule has 11 atom stereocenters. The van der Waals surface area contributed by atoms with Crippen LogP contribution in [0.2, 0.25) is 0 Å². The zero-order valence-electron chi connectivity index (χ0n) is 39.1. The van der Waals surface area contributed by atoms with Gasteiger partial charge in [0.15, 0.2) is 12.6 Å². The van der Waals surface area contributed by atoms with E-state index in [1.54, 1.807) is 0 Å². The predicted octanol–water partition coefficient (Wildman–Crippen LogP) is 6.85. The molecule has 2 rings (SSSR count). The summed E-state index contributed by atoms with van der Waals surface area (Å²) >= 11 is 0. The summed E-state index contributed by atoms with van der Waals surface area (Å²) in [5.74, 6) is -0.387. The van der Waals surface area contributed by atoms with Crippen LogP contribution in [0.1, 0.15) is 181 Å². The van der Waals surface area contributed by atoms with Gasteiger partial charge in [-0.05, 0) is 57.8 Å². The van der Waals surface area contributed by atoms with Gasteiger partial charge in [0.1, 0.15) is 54.9 Å². The SMILES string of the molecule is CCCC/C=C\CCCCCCCC(=O)OC(COCCCCCCCCCC/C=C\CCCCCCCC)COC1OC(COC2OC(CO)C(O)C(O)C2O)C(O)C(O)C1O. The molecule has 370 valence electrons. The number of unbranched alkanes of at least 4 members (excludes halogenated alkanes) is 21. The van der Waals surface area contributed by atoms with Crippen molar-refractivity contribution in [3.63, 3.8) is 0 Å². The molecule has 0 aromatic rings. The highest BCUT2D eigenvalue weighted by Gasteiger charge is 2.47. The Hall–Kier alpha value is -1.53. The molecule has 0 aromatic carbocycles. The Morgan fingerprint density at radius 2 is 0.952 bits per heavy atom. The molecule has 0 aliphatic carbocycles. The average Bonchev–Trinajstić information content (AvgIpc) is 3.28. The van der Waals surface area contributed by atoms with Crippen LogP contribution in [-0.4, -0.2) is 142 Å². The summed E-state index contributed by atoms with van der Waals surface area (Å²) < 4.78 is 34.2. The van der Waals surface area contributed by atoms with Crippen molar-refractivity contribution in [2.45, 2.75) is 248 Å². The summed E-state index contributed by atoms with van der Waals surface area (Å²) in [6.45, 7) is 3.63. The van der Waals surface area contributed by atoms with Crippen molar-refractivity contribution in [1.82, 2.24) is 0 Å². The van der Waals surface area contributed by atoms with Crippen molar-refractivity contribution in [3.05, 3.63) is 24.3 Å². The van der Waals surface area contributed by atoms with Crippen molar-refractivity contribution in [1.29, 1.82) is 0 Å². The first-order chi connectivity index (χ1) is 30.6. The summed E-state index contributed by atoms with van der Waals surface area (Å²) in [4.78, 5) is 12.9. The van der Waals surface area contributed by atoms with Crippen LogP contribution < -0.4 is 0 Å². The molecule has 2 heterocycles. The van der Waals surface area contributed by atoms with Gasteiger partial charge < -0.3 is 64.2 Å². The third-order valence-electron chi connectivity index (χ3n) is 11.9. The van der Waals surface area contributed by atoms with Crippen LogP contribution in [-0.2, 0) is 33.2 Å². The van der Waals surface area contributed by atoms with Crippen LogP contribution in [0.4, 0.5) is 0 Å². The Balaban J connectivity index is 1.76. The first-order valence-electron chi connectivity index (χ1n) is 24.9. The molecular formula is C49H90O14. The molecule has 0 spiro atoms. The first-order valence-corrected chi connectivity index (χ1v) is 24.9.